The predicted octanol–water partition coefficient (Wildman–Crippen LogP) is 2.22. The number of aryl methyl sites for hydroxylation is 1. The van der Waals surface area contributed by atoms with Crippen LogP contribution in [-0.4, -0.2) is 9.55 Å². The van der Waals surface area contributed by atoms with Gasteiger partial charge in [0.15, 0.2) is 0 Å². The van der Waals surface area contributed by atoms with E-state index in [1.165, 1.54) is 5.56 Å². The Kier molecular flexibility index (Phi) is 1.75. The highest BCUT2D eigenvalue weighted by atomic mass is 15.1. The van der Waals surface area contributed by atoms with Gasteiger partial charge in [-0.25, -0.2) is 11.6 Å². The first-order chi connectivity index (χ1) is 6.31. The van der Waals surface area contributed by atoms with Crippen molar-refractivity contribution in [3.63, 3.8) is 0 Å². The van der Waals surface area contributed by atoms with Gasteiger partial charge in [-0.2, -0.15) is 0 Å². The summed E-state index contributed by atoms with van der Waals surface area (Å²) in [6.07, 6.45) is 1.71. The molecule has 0 aliphatic rings. The average molecular weight is 171 g/mol. The van der Waals surface area contributed by atoms with Gasteiger partial charge < -0.3 is 0 Å². The summed E-state index contributed by atoms with van der Waals surface area (Å²) in [7, 11) is 0. The molecule has 0 atom stereocenters. The maximum atomic E-state index is 6.77. The molecule has 0 aliphatic carbocycles. The molecule has 0 amide bonds. The molecule has 0 fully saturated rings. The number of rotatable bonds is 1. The Hall–Kier alpha value is -1.82. The molecule has 0 aliphatic heterocycles. The summed E-state index contributed by atoms with van der Waals surface area (Å²) in [4.78, 5) is 7.54. The molecule has 13 heavy (non-hydrogen) atoms. The maximum Gasteiger partial charge on any atom is 0.294 e. The normalized spacial score (nSPS) is 10.2. The van der Waals surface area contributed by atoms with Crippen LogP contribution in [0.5, 0.6) is 0 Å². The van der Waals surface area contributed by atoms with Crippen LogP contribution in [0.15, 0.2) is 24.5 Å². The van der Waals surface area contributed by atoms with E-state index in [-0.39, 0.29) is 0 Å². The van der Waals surface area contributed by atoms with Crippen LogP contribution in [0.2, 0.25) is 0 Å². The van der Waals surface area contributed by atoms with Crippen molar-refractivity contribution in [1.82, 2.24) is 9.55 Å². The summed E-state index contributed by atoms with van der Waals surface area (Å²) in [5.41, 5.74) is 3.19. The van der Waals surface area contributed by atoms with E-state index in [1.54, 1.807) is 6.33 Å². The molecule has 1 aromatic carbocycles. The minimum absolute atomic E-state index is 0.347. The quantitative estimate of drug-likeness (QED) is 0.603. The van der Waals surface area contributed by atoms with Crippen molar-refractivity contribution in [2.75, 3.05) is 0 Å². The third-order valence-corrected chi connectivity index (χ3v) is 2.00. The van der Waals surface area contributed by atoms with Crippen LogP contribution in [0.3, 0.4) is 0 Å². The minimum atomic E-state index is 0.347. The lowest BCUT2D eigenvalue weighted by Gasteiger charge is -1.94. The SMILES string of the molecule is [C-]#[N+]Cn1cnc2cc(C)ccc21. The first kappa shape index (κ1) is 7.81. The number of benzene rings is 1. The van der Waals surface area contributed by atoms with Crippen molar-refractivity contribution in [3.8, 4) is 0 Å². The van der Waals surface area contributed by atoms with Crippen LogP contribution in [-0.2, 0) is 6.67 Å². The number of imidazole rings is 1. The van der Waals surface area contributed by atoms with E-state index in [9.17, 15) is 0 Å². The summed E-state index contributed by atoms with van der Waals surface area (Å²) in [5, 5.41) is 0. The van der Waals surface area contributed by atoms with Crippen molar-refractivity contribution < 1.29 is 0 Å². The van der Waals surface area contributed by atoms with Crippen molar-refractivity contribution in [2.24, 2.45) is 0 Å². The van der Waals surface area contributed by atoms with Crippen LogP contribution < -0.4 is 0 Å². The summed E-state index contributed by atoms with van der Waals surface area (Å²) in [5.74, 6) is 0. The molecule has 0 spiro atoms. The van der Waals surface area contributed by atoms with E-state index in [0.717, 1.165) is 11.0 Å². The van der Waals surface area contributed by atoms with Crippen molar-refractivity contribution in [2.45, 2.75) is 13.6 Å². The Morgan fingerprint density at radius 3 is 3.15 bits per heavy atom. The summed E-state index contributed by atoms with van der Waals surface area (Å²) < 4.78 is 1.85. The Morgan fingerprint density at radius 2 is 2.38 bits per heavy atom. The second-order valence-corrected chi connectivity index (χ2v) is 3.01. The molecule has 2 rings (SSSR count). The molecule has 1 heterocycles. The highest BCUT2D eigenvalue weighted by molar-refractivity contribution is 5.75. The van der Waals surface area contributed by atoms with Crippen molar-refractivity contribution in [3.05, 3.63) is 41.5 Å². The smallest absolute Gasteiger partial charge is 0.293 e. The summed E-state index contributed by atoms with van der Waals surface area (Å²) in [6, 6.07) is 6.06. The molecule has 0 saturated carbocycles. The fourth-order valence-corrected chi connectivity index (χ4v) is 1.36. The Balaban J connectivity index is 2.63. The first-order valence-electron chi connectivity index (χ1n) is 4.06. The zero-order chi connectivity index (χ0) is 9.26. The van der Waals surface area contributed by atoms with Gasteiger partial charge in [0.25, 0.3) is 6.67 Å². The largest absolute Gasteiger partial charge is 0.294 e. The lowest BCUT2D eigenvalue weighted by atomic mass is 10.2. The highest BCUT2D eigenvalue weighted by Crippen LogP contribution is 2.14. The Morgan fingerprint density at radius 1 is 1.54 bits per heavy atom. The van der Waals surface area contributed by atoms with Crippen LogP contribution in [0.25, 0.3) is 15.9 Å². The zero-order valence-corrected chi connectivity index (χ0v) is 7.36. The lowest BCUT2D eigenvalue weighted by molar-refractivity contribution is 0.845. The van der Waals surface area contributed by atoms with E-state index in [0.29, 0.717) is 6.67 Å². The van der Waals surface area contributed by atoms with Gasteiger partial charge in [-0.05, 0) is 24.6 Å². The van der Waals surface area contributed by atoms with Crippen LogP contribution in [0.4, 0.5) is 0 Å². The molecule has 3 nitrogen and oxygen atoms in total. The molecule has 0 bridgehead atoms. The number of aromatic nitrogens is 2. The first-order valence-corrected chi connectivity index (χ1v) is 4.06. The third kappa shape index (κ3) is 1.27. The van der Waals surface area contributed by atoms with E-state index in [1.807, 2.05) is 29.7 Å². The fraction of sp³-hybridized carbons (Fsp3) is 0.200. The molecule has 2 aromatic rings. The highest BCUT2D eigenvalue weighted by Gasteiger charge is 2.02. The van der Waals surface area contributed by atoms with Gasteiger partial charge in [-0.3, -0.25) is 9.41 Å². The molecule has 0 saturated heterocycles. The Bertz CT molecular complexity index is 476. The number of fused-ring (bicyclic) bond motifs is 1. The molecule has 3 heteroatoms. The summed E-state index contributed by atoms with van der Waals surface area (Å²) >= 11 is 0. The molecule has 0 radical (unpaired) electrons. The number of hydrogen-bond acceptors (Lipinski definition) is 1. The van der Waals surface area contributed by atoms with Crippen molar-refractivity contribution in [1.29, 1.82) is 0 Å². The van der Waals surface area contributed by atoms with Gasteiger partial charge in [0.2, 0.25) is 0 Å². The maximum absolute atomic E-state index is 6.77. The summed E-state index contributed by atoms with van der Waals surface area (Å²) in [6.45, 7) is 9.15. The van der Waals surface area contributed by atoms with E-state index >= 15 is 0 Å². The molecule has 64 valence electrons. The van der Waals surface area contributed by atoms with Crippen LogP contribution in [0, 0.1) is 13.5 Å². The van der Waals surface area contributed by atoms with Crippen LogP contribution >= 0.6 is 0 Å². The van der Waals surface area contributed by atoms with Crippen molar-refractivity contribution >= 4 is 11.0 Å². The number of hydrogen-bond donors (Lipinski definition) is 0. The molecule has 0 N–H and O–H groups in total. The molecular formula is C10H9N3. The topological polar surface area (TPSA) is 22.2 Å². The van der Waals surface area contributed by atoms with Gasteiger partial charge in [0.1, 0.15) is 6.33 Å². The molecule has 0 unspecified atom stereocenters. The third-order valence-electron chi connectivity index (χ3n) is 2.00. The average Bonchev–Trinajstić information content (AvgIpc) is 2.49. The van der Waals surface area contributed by atoms with Gasteiger partial charge in [0.05, 0.1) is 11.0 Å². The van der Waals surface area contributed by atoms with Gasteiger partial charge in [0, 0.05) is 0 Å². The zero-order valence-electron chi connectivity index (χ0n) is 7.36. The monoisotopic (exact) mass is 171 g/mol. The Labute approximate surface area is 76.4 Å². The predicted molar refractivity (Wildman–Crippen MR) is 51.1 cm³/mol. The van der Waals surface area contributed by atoms with Gasteiger partial charge in [-0.1, -0.05) is 6.07 Å². The second kappa shape index (κ2) is 2.91. The fourth-order valence-electron chi connectivity index (χ4n) is 1.36. The lowest BCUT2D eigenvalue weighted by Crippen LogP contribution is -1.90. The molecule has 1 aromatic heterocycles. The second-order valence-electron chi connectivity index (χ2n) is 3.01. The number of nitrogens with zero attached hydrogens (tertiary/aromatic N) is 3. The minimum Gasteiger partial charge on any atom is -0.293 e. The molecular weight excluding hydrogens is 162 g/mol. The van der Waals surface area contributed by atoms with Gasteiger partial charge >= 0.3 is 0 Å². The standard InChI is InChI=1S/C10H9N3/c1-8-3-4-10-9(5-8)12-7-13(10)6-11-2/h3-5,7H,6H2,1H3. The van der Waals surface area contributed by atoms with Gasteiger partial charge in [-0.15, -0.1) is 0 Å². The van der Waals surface area contributed by atoms with E-state index in [4.69, 9.17) is 6.57 Å². The van der Waals surface area contributed by atoms with Crippen LogP contribution in [0.1, 0.15) is 5.56 Å². The van der Waals surface area contributed by atoms with E-state index in [2.05, 4.69) is 9.83 Å². The van der Waals surface area contributed by atoms with E-state index < -0.39 is 0 Å².